The molecule has 0 fully saturated rings. The van der Waals surface area contributed by atoms with Gasteiger partial charge in [0.05, 0.1) is 18.4 Å². The van der Waals surface area contributed by atoms with Crippen LogP contribution in [-0.4, -0.2) is 28.7 Å². The molecule has 1 aromatic heterocycles. The second kappa shape index (κ2) is 9.64. The molecule has 178 valence electrons. The molecule has 0 aliphatic carbocycles. The zero-order valence-electron chi connectivity index (χ0n) is 18.6. The Hall–Kier alpha value is -4.73. The Kier molecular flexibility index (Phi) is 6.45. The third-order valence-corrected chi connectivity index (χ3v) is 5.35. The largest absolute Gasteiger partial charge is 0.496 e. The zero-order valence-corrected chi connectivity index (χ0v) is 18.6. The normalized spacial score (nSPS) is 10.7. The van der Waals surface area contributed by atoms with Crippen molar-refractivity contribution in [2.24, 2.45) is 5.73 Å². The summed E-state index contributed by atoms with van der Waals surface area (Å²) in [6.45, 7) is 0.241. The maximum atomic E-state index is 13.7. The number of nitrogen functional groups attached to an aromatic ring is 1. The van der Waals surface area contributed by atoms with Crippen molar-refractivity contribution in [3.05, 3.63) is 95.1 Å². The molecule has 0 aliphatic rings. The van der Waals surface area contributed by atoms with Crippen molar-refractivity contribution in [3.8, 4) is 22.7 Å². The predicted molar refractivity (Wildman–Crippen MR) is 126 cm³/mol. The van der Waals surface area contributed by atoms with E-state index in [0.717, 1.165) is 22.4 Å². The van der Waals surface area contributed by atoms with Gasteiger partial charge in [0.15, 0.2) is 11.6 Å². The Morgan fingerprint density at radius 2 is 1.74 bits per heavy atom. The van der Waals surface area contributed by atoms with Gasteiger partial charge >= 0.3 is 0 Å². The van der Waals surface area contributed by atoms with Crippen LogP contribution in [0, 0.1) is 11.6 Å². The van der Waals surface area contributed by atoms with Crippen LogP contribution in [0.15, 0.2) is 66.7 Å². The minimum absolute atomic E-state index is 0.0491. The van der Waals surface area contributed by atoms with Crippen molar-refractivity contribution in [1.29, 1.82) is 0 Å². The highest BCUT2D eigenvalue weighted by atomic mass is 19.2. The Balaban J connectivity index is 1.58. The van der Waals surface area contributed by atoms with E-state index >= 15 is 0 Å². The van der Waals surface area contributed by atoms with Crippen molar-refractivity contribution in [3.63, 3.8) is 0 Å². The van der Waals surface area contributed by atoms with Crippen LogP contribution >= 0.6 is 0 Å². The standard InChI is InChI=1S/C25H21F2N5O3/c1-35-20-5-3-2-4-17(20)25(34)30-13-14-6-8-15(9-7-14)22-21(24(29)33)23(28)32(31-22)16-10-11-18(26)19(27)12-16/h2-12H,13,28H2,1H3,(H2,29,33)(H,30,34). The van der Waals surface area contributed by atoms with Crippen LogP contribution in [0.1, 0.15) is 26.3 Å². The topological polar surface area (TPSA) is 125 Å². The van der Waals surface area contributed by atoms with Crippen LogP contribution in [-0.2, 0) is 6.54 Å². The molecule has 1 heterocycles. The molecular weight excluding hydrogens is 456 g/mol. The highest BCUT2D eigenvalue weighted by Crippen LogP contribution is 2.30. The Morgan fingerprint density at radius 3 is 2.40 bits per heavy atom. The first-order valence-electron chi connectivity index (χ1n) is 10.4. The monoisotopic (exact) mass is 477 g/mol. The molecule has 5 N–H and O–H groups in total. The molecule has 4 aromatic rings. The predicted octanol–water partition coefficient (Wildman–Crippen LogP) is 3.44. The molecule has 0 unspecified atom stereocenters. The van der Waals surface area contributed by atoms with E-state index < -0.39 is 17.5 Å². The number of nitrogens with two attached hydrogens (primary N) is 2. The fourth-order valence-corrected chi connectivity index (χ4v) is 3.58. The molecule has 0 saturated heterocycles. The summed E-state index contributed by atoms with van der Waals surface area (Å²) in [4.78, 5) is 24.6. The number of methoxy groups -OCH3 is 1. The number of nitrogens with one attached hydrogen (secondary N) is 1. The highest BCUT2D eigenvalue weighted by molar-refractivity contribution is 6.03. The van der Waals surface area contributed by atoms with Crippen molar-refractivity contribution < 1.29 is 23.1 Å². The lowest BCUT2D eigenvalue weighted by atomic mass is 10.0. The molecule has 0 aliphatic heterocycles. The summed E-state index contributed by atoms with van der Waals surface area (Å²) in [5.74, 6) is -2.86. The average Bonchev–Trinajstić information content (AvgIpc) is 3.21. The molecule has 35 heavy (non-hydrogen) atoms. The second-order valence-electron chi connectivity index (χ2n) is 7.56. The van der Waals surface area contributed by atoms with E-state index in [1.54, 1.807) is 48.5 Å². The molecule has 10 heteroatoms. The van der Waals surface area contributed by atoms with Gasteiger partial charge in [-0.25, -0.2) is 13.5 Å². The zero-order chi connectivity index (χ0) is 25.1. The number of benzene rings is 3. The van der Waals surface area contributed by atoms with Crippen molar-refractivity contribution >= 4 is 17.6 Å². The third-order valence-electron chi connectivity index (χ3n) is 5.35. The van der Waals surface area contributed by atoms with Gasteiger partial charge in [0, 0.05) is 18.2 Å². The number of halogens is 2. The van der Waals surface area contributed by atoms with Crippen molar-refractivity contribution in [2.45, 2.75) is 6.54 Å². The van der Waals surface area contributed by atoms with Crippen LogP contribution in [0.4, 0.5) is 14.6 Å². The molecule has 0 spiro atoms. The number of aromatic nitrogens is 2. The lowest BCUT2D eigenvalue weighted by Gasteiger charge is -2.09. The number of hydrogen-bond donors (Lipinski definition) is 3. The van der Waals surface area contributed by atoms with Gasteiger partial charge in [-0.1, -0.05) is 36.4 Å². The number of nitrogens with zero attached hydrogens (tertiary/aromatic N) is 2. The van der Waals surface area contributed by atoms with Crippen LogP contribution in [0.25, 0.3) is 16.9 Å². The van der Waals surface area contributed by atoms with Crippen molar-refractivity contribution in [1.82, 2.24) is 15.1 Å². The quantitative estimate of drug-likeness (QED) is 0.376. The summed E-state index contributed by atoms with van der Waals surface area (Å²) in [6, 6.07) is 16.9. The average molecular weight is 477 g/mol. The SMILES string of the molecule is COc1ccccc1C(=O)NCc1ccc(-c2nn(-c3ccc(F)c(F)c3)c(N)c2C(N)=O)cc1. The van der Waals surface area contributed by atoms with Crippen LogP contribution in [0.5, 0.6) is 5.75 Å². The fraction of sp³-hybridized carbons (Fsp3) is 0.0800. The summed E-state index contributed by atoms with van der Waals surface area (Å²) in [5, 5.41) is 7.15. The highest BCUT2D eigenvalue weighted by Gasteiger charge is 2.23. The number of carbonyl (C=O) groups excluding carboxylic acids is 2. The number of primary amides is 1. The molecule has 0 atom stereocenters. The second-order valence-corrected chi connectivity index (χ2v) is 7.56. The number of ether oxygens (including phenoxy) is 1. The Labute approximate surface area is 199 Å². The number of rotatable bonds is 7. The Bertz CT molecular complexity index is 1420. The van der Waals surface area contributed by atoms with E-state index in [0.29, 0.717) is 16.9 Å². The van der Waals surface area contributed by atoms with E-state index in [1.165, 1.54) is 13.2 Å². The van der Waals surface area contributed by atoms with Crippen molar-refractivity contribution in [2.75, 3.05) is 12.8 Å². The first-order chi connectivity index (χ1) is 16.8. The molecule has 2 amide bonds. The molecule has 3 aromatic carbocycles. The molecule has 0 radical (unpaired) electrons. The number of carbonyl (C=O) groups is 2. The van der Waals surface area contributed by atoms with Crippen LogP contribution in [0.3, 0.4) is 0 Å². The number of amides is 2. The van der Waals surface area contributed by atoms with Gasteiger partial charge in [0.1, 0.15) is 22.8 Å². The summed E-state index contributed by atoms with van der Waals surface area (Å²) in [5.41, 5.74) is 13.6. The van der Waals surface area contributed by atoms with Gasteiger partial charge in [0.2, 0.25) is 0 Å². The van der Waals surface area contributed by atoms with Crippen LogP contribution in [0.2, 0.25) is 0 Å². The van der Waals surface area contributed by atoms with Gasteiger partial charge in [0.25, 0.3) is 11.8 Å². The molecule has 8 nitrogen and oxygen atoms in total. The molecule has 0 saturated carbocycles. The minimum Gasteiger partial charge on any atom is -0.496 e. The summed E-state index contributed by atoms with van der Waals surface area (Å²) in [7, 11) is 1.49. The molecular formula is C25H21F2N5O3. The molecule has 4 rings (SSSR count). The van der Waals surface area contributed by atoms with Gasteiger partial charge in [-0.05, 0) is 29.8 Å². The first-order valence-corrected chi connectivity index (χ1v) is 10.4. The summed E-state index contributed by atoms with van der Waals surface area (Å²) < 4.78 is 33.4. The lowest BCUT2D eigenvalue weighted by Crippen LogP contribution is -2.23. The smallest absolute Gasteiger partial charge is 0.255 e. The lowest BCUT2D eigenvalue weighted by molar-refractivity contribution is 0.0946. The minimum atomic E-state index is -1.08. The van der Waals surface area contributed by atoms with Crippen LogP contribution < -0.4 is 21.5 Å². The fourth-order valence-electron chi connectivity index (χ4n) is 3.58. The Morgan fingerprint density at radius 1 is 1.03 bits per heavy atom. The maximum absolute atomic E-state index is 13.7. The maximum Gasteiger partial charge on any atom is 0.255 e. The van der Waals surface area contributed by atoms with Gasteiger partial charge < -0.3 is 21.5 Å². The van der Waals surface area contributed by atoms with E-state index in [-0.39, 0.29) is 35.2 Å². The van der Waals surface area contributed by atoms with Gasteiger partial charge in [-0.15, -0.1) is 0 Å². The number of hydrogen-bond acceptors (Lipinski definition) is 5. The summed E-state index contributed by atoms with van der Waals surface area (Å²) in [6.07, 6.45) is 0. The van der Waals surface area contributed by atoms with E-state index in [2.05, 4.69) is 10.4 Å². The first kappa shape index (κ1) is 23.4. The number of para-hydroxylation sites is 1. The third kappa shape index (κ3) is 4.67. The number of anilines is 1. The molecule has 0 bridgehead atoms. The van der Waals surface area contributed by atoms with E-state index in [4.69, 9.17) is 16.2 Å². The van der Waals surface area contributed by atoms with Gasteiger partial charge in [-0.2, -0.15) is 5.10 Å². The van der Waals surface area contributed by atoms with Gasteiger partial charge in [-0.3, -0.25) is 9.59 Å². The van der Waals surface area contributed by atoms with E-state index in [9.17, 15) is 18.4 Å². The summed E-state index contributed by atoms with van der Waals surface area (Å²) >= 11 is 0. The van der Waals surface area contributed by atoms with E-state index in [1.807, 2.05) is 0 Å².